The maximum atomic E-state index is 10.6. The maximum absolute atomic E-state index is 10.6. The molecule has 0 radical (unpaired) electrons. The van der Waals surface area contributed by atoms with Crippen LogP contribution in [0.25, 0.3) is 21.5 Å². The van der Waals surface area contributed by atoms with Gasteiger partial charge in [-0.3, -0.25) is 0 Å². The van der Waals surface area contributed by atoms with E-state index in [9.17, 15) is 5.11 Å². The molecule has 20 heavy (non-hydrogen) atoms. The molecule has 0 fully saturated rings. The lowest BCUT2D eigenvalue weighted by Gasteiger charge is -2.27. The third kappa shape index (κ3) is 2.19. The van der Waals surface area contributed by atoms with Gasteiger partial charge in [-0.05, 0) is 44.7 Å². The van der Waals surface area contributed by atoms with Gasteiger partial charge in [0.05, 0.1) is 6.10 Å². The highest BCUT2D eigenvalue weighted by atomic mass is 16.3. The van der Waals surface area contributed by atoms with Crippen molar-refractivity contribution in [3.05, 3.63) is 60.2 Å². The normalized spacial score (nSPS) is 13.8. The van der Waals surface area contributed by atoms with Gasteiger partial charge in [-0.15, -0.1) is 0 Å². The molecule has 102 valence electrons. The third-order valence-electron chi connectivity index (χ3n) is 3.90. The van der Waals surface area contributed by atoms with Gasteiger partial charge in [0.1, 0.15) is 0 Å². The van der Waals surface area contributed by atoms with Gasteiger partial charge in [-0.25, -0.2) is 0 Å². The Morgan fingerprint density at radius 2 is 1.40 bits per heavy atom. The number of hydrogen-bond acceptors (Lipinski definition) is 1. The lowest BCUT2D eigenvalue weighted by atomic mass is 9.83. The molecular weight excluding hydrogens is 244 g/mol. The maximum Gasteiger partial charge on any atom is 0.0844 e. The minimum atomic E-state index is -0.465. The van der Waals surface area contributed by atoms with Crippen LogP contribution in [-0.4, -0.2) is 5.11 Å². The molecule has 0 saturated heterocycles. The van der Waals surface area contributed by atoms with E-state index in [4.69, 9.17) is 0 Å². The van der Waals surface area contributed by atoms with Gasteiger partial charge in [-0.2, -0.15) is 0 Å². The van der Waals surface area contributed by atoms with Crippen molar-refractivity contribution < 1.29 is 5.11 Å². The molecular formula is C19H20O. The second-order valence-electron chi connectivity index (χ2n) is 6.54. The van der Waals surface area contributed by atoms with Gasteiger partial charge in [0.15, 0.2) is 0 Å². The van der Waals surface area contributed by atoms with E-state index in [1.165, 1.54) is 16.2 Å². The van der Waals surface area contributed by atoms with Crippen LogP contribution in [0.15, 0.2) is 54.6 Å². The summed E-state index contributed by atoms with van der Waals surface area (Å²) in [5, 5.41) is 15.4. The second-order valence-corrected chi connectivity index (χ2v) is 6.54. The molecule has 0 aliphatic rings. The molecule has 1 heteroatoms. The Kier molecular flexibility index (Phi) is 3.02. The van der Waals surface area contributed by atoms with Crippen LogP contribution in [0.4, 0.5) is 0 Å². The molecule has 0 aromatic heterocycles. The van der Waals surface area contributed by atoms with E-state index in [0.717, 1.165) is 10.9 Å². The van der Waals surface area contributed by atoms with E-state index in [0.29, 0.717) is 0 Å². The van der Waals surface area contributed by atoms with Gasteiger partial charge in [0.2, 0.25) is 0 Å². The summed E-state index contributed by atoms with van der Waals surface area (Å²) in [7, 11) is 0. The van der Waals surface area contributed by atoms with Gasteiger partial charge in [0.25, 0.3) is 0 Å². The molecule has 1 atom stereocenters. The van der Waals surface area contributed by atoms with Crippen molar-refractivity contribution in [2.75, 3.05) is 0 Å². The molecule has 0 heterocycles. The zero-order chi connectivity index (χ0) is 14.3. The van der Waals surface area contributed by atoms with Crippen molar-refractivity contribution >= 4 is 21.5 Å². The molecule has 3 aromatic rings. The largest absolute Gasteiger partial charge is 0.388 e. The second kappa shape index (κ2) is 4.60. The zero-order valence-electron chi connectivity index (χ0n) is 12.2. The number of rotatable bonds is 1. The van der Waals surface area contributed by atoms with Crippen LogP contribution < -0.4 is 0 Å². The van der Waals surface area contributed by atoms with Crippen molar-refractivity contribution in [1.29, 1.82) is 0 Å². The average Bonchev–Trinajstić information content (AvgIpc) is 2.42. The van der Waals surface area contributed by atoms with E-state index in [1.807, 2.05) is 12.1 Å². The standard InChI is InChI=1S/C19H20O/c1-19(2,3)18(20)16-10-6-9-15-11-13-7-4-5-8-14(13)12-17(15)16/h4-12,18,20H,1-3H3/t18-/m0/s1. The molecule has 1 N–H and O–H groups in total. The summed E-state index contributed by atoms with van der Waals surface area (Å²) in [5.41, 5.74) is 0.848. The molecule has 0 amide bonds. The molecule has 1 nitrogen and oxygen atoms in total. The minimum absolute atomic E-state index is 0.167. The van der Waals surface area contributed by atoms with Crippen molar-refractivity contribution in [2.24, 2.45) is 5.41 Å². The Labute approximate surface area is 119 Å². The summed E-state index contributed by atoms with van der Waals surface area (Å²) >= 11 is 0. The first-order chi connectivity index (χ1) is 9.47. The Bertz CT molecular complexity index is 765. The van der Waals surface area contributed by atoms with Crippen molar-refractivity contribution in [3.63, 3.8) is 0 Å². The number of fused-ring (bicyclic) bond motifs is 2. The zero-order valence-corrected chi connectivity index (χ0v) is 12.2. The van der Waals surface area contributed by atoms with Crippen LogP contribution >= 0.6 is 0 Å². The van der Waals surface area contributed by atoms with Gasteiger partial charge >= 0.3 is 0 Å². The smallest absolute Gasteiger partial charge is 0.0844 e. The SMILES string of the molecule is CC(C)(C)[C@@H](O)c1cccc2cc3ccccc3cc12. The predicted octanol–water partition coefficient (Wildman–Crippen LogP) is 5.07. The summed E-state index contributed by atoms with van der Waals surface area (Å²) in [6, 6.07) is 18.9. The quantitative estimate of drug-likeness (QED) is 0.608. The highest BCUT2D eigenvalue weighted by Crippen LogP contribution is 2.37. The van der Waals surface area contributed by atoms with Crippen molar-refractivity contribution in [2.45, 2.75) is 26.9 Å². The number of aliphatic hydroxyl groups excluding tert-OH is 1. The van der Waals surface area contributed by atoms with Crippen molar-refractivity contribution in [1.82, 2.24) is 0 Å². The summed E-state index contributed by atoms with van der Waals surface area (Å²) in [5.74, 6) is 0. The van der Waals surface area contributed by atoms with Gasteiger partial charge in [-0.1, -0.05) is 63.2 Å². The van der Waals surface area contributed by atoms with E-state index in [2.05, 4.69) is 63.2 Å². The number of hydrogen-bond donors (Lipinski definition) is 1. The highest BCUT2D eigenvalue weighted by Gasteiger charge is 2.25. The lowest BCUT2D eigenvalue weighted by Crippen LogP contribution is -2.18. The lowest BCUT2D eigenvalue weighted by molar-refractivity contribution is 0.0639. The predicted molar refractivity (Wildman–Crippen MR) is 85.9 cm³/mol. The first-order valence-electron chi connectivity index (χ1n) is 7.06. The molecule has 0 aliphatic carbocycles. The third-order valence-corrected chi connectivity index (χ3v) is 3.90. The molecule has 0 spiro atoms. The van der Waals surface area contributed by atoms with Crippen LogP contribution in [0.2, 0.25) is 0 Å². The Morgan fingerprint density at radius 3 is 2.05 bits per heavy atom. The Balaban J connectivity index is 2.31. The molecule has 3 rings (SSSR count). The fraction of sp³-hybridized carbons (Fsp3) is 0.263. The Morgan fingerprint density at radius 1 is 0.800 bits per heavy atom. The fourth-order valence-corrected chi connectivity index (χ4v) is 2.70. The molecule has 3 aromatic carbocycles. The van der Waals surface area contributed by atoms with Crippen LogP contribution in [0, 0.1) is 5.41 Å². The Hall–Kier alpha value is -1.86. The summed E-state index contributed by atoms with van der Waals surface area (Å²) in [4.78, 5) is 0. The molecule has 0 saturated carbocycles. The molecule has 0 aliphatic heterocycles. The van der Waals surface area contributed by atoms with Gasteiger partial charge < -0.3 is 5.11 Å². The highest BCUT2D eigenvalue weighted by molar-refractivity contribution is 5.99. The van der Waals surface area contributed by atoms with Gasteiger partial charge in [0, 0.05) is 0 Å². The summed E-state index contributed by atoms with van der Waals surface area (Å²) in [6.45, 7) is 6.20. The van der Waals surface area contributed by atoms with E-state index in [1.54, 1.807) is 0 Å². The van der Waals surface area contributed by atoms with E-state index in [-0.39, 0.29) is 5.41 Å². The molecule has 0 unspecified atom stereocenters. The van der Waals surface area contributed by atoms with Crippen LogP contribution in [0.5, 0.6) is 0 Å². The monoisotopic (exact) mass is 264 g/mol. The first-order valence-corrected chi connectivity index (χ1v) is 7.06. The van der Waals surface area contributed by atoms with E-state index < -0.39 is 6.10 Å². The summed E-state index contributed by atoms with van der Waals surface area (Å²) < 4.78 is 0. The number of benzene rings is 3. The van der Waals surface area contributed by atoms with Crippen LogP contribution in [0.3, 0.4) is 0 Å². The van der Waals surface area contributed by atoms with Crippen LogP contribution in [-0.2, 0) is 0 Å². The molecule has 0 bridgehead atoms. The summed E-state index contributed by atoms with van der Waals surface area (Å²) in [6.07, 6.45) is -0.465. The number of aliphatic hydroxyl groups is 1. The average molecular weight is 264 g/mol. The fourth-order valence-electron chi connectivity index (χ4n) is 2.70. The van der Waals surface area contributed by atoms with Crippen LogP contribution in [0.1, 0.15) is 32.4 Å². The first kappa shape index (κ1) is 13.1. The minimum Gasteiger partial charge on any atom is -0.388 e. The topological polar surface area (TPSA) is 20.2 Å². The van der Waals surface area contributed by atoms with Crippen molar-refractivity contribution in [3.8, 4) is 0 Å². The van der Waals surface area contributed by atoms with E-state index >= 15 is 0 Å².